The van der Waals surface area contributed by atoms with Gasteiger partial charge in [-0.15, -0.1) is 0 Å². The largest absolute Gasteiger partial charge is 0.347 e. The van der Waals surface area contributed by atoms with Crippen LogP contribution in [-0.4, -0.2) is 10.9 Å². The second kappa shape index (κ2) is 6.07. The zero-order valence-electron chi connectivity index (χ0n) is 10.4. The maximum atomic E-state index is 13.0. The summed E-state index contributed by atoms with van der Waals surface area (Å²) in [6, 6.07) is 6.53. The molecule has 0 aliphatic heterocycles. The third kappa shape index (κ3) is 3.27. The number of anilines is 1. The number of aromatic nitrogens is 1. The Kier molecular flexibility index (Phi) is 4.21. The molecule has 0 radical (unpaired) electrons. The molecule has 0 aliphatic carbocycles. The van der Waals surface area contributed by atoms with Crippen LogP contribution in [0.1, 0.15) is 16.1 Å². The first kappa shape index (κ1) is 13.9. The lowest BCUT2D eigenvalue weighted by molar-refractivity contribution is 0.0946. The Balaban J connectivity index is 1.98. The Labute approximate surface area is 113 Å². The number of hydrogen-bond donors (Lipinski definition) is 3. The molecule has 0 aliphatic rings. The minimum Gasteiger partial charge on any atom is -0.347 e. The summed E-state index contributed by atoms with van der Waals surface area (Å²) in [6.07, 6.45) is 1.41. The van der Waals surface area contributed by atoms with Crippen molar-refractivity contribution in [1.29, 1.82) is 0 Å². The fourth-order valence-electron chi connectivity index (χ4n) is 1.54. The predicted molar refractivity (Wildman–Crippen MR) is 69.6 cm³/mol. The molecule has 0 bridgehead atoms. The van der Waals surface area contributed by atoms with E-state index in [1.54, 1.807) is 6.07 Å². The number of benzene rings is 1. The highest BCUT2D eigenvalue weighted by Crippen LogP contribution is 2.09. The molecule has 4 N–H and O–H groups in total. The van der Waals surface area contributed by atoms with E-state index in [1.165, 1.54) is 18.3 Å². The van der Waals surface area contributed by atoms with Gasteiger partial charge in [0.1, 0.15) is 5.69 Å². The Morgan fingerprint density at radius 1 is 1.20 bits per heavy atom. The van der Waals surface area contributed by atoms with Gasteiger partial charge in [0, 0.05) is 6.54 Å². The zero-order valence-corrected chi connectivity index (χ0v) is 10.4. The highest BCUT2D eigenvalue weighted by molar-refractivity contribution is 5.92. The number of nitrogens with zero attached hydrogens (tertiary/aromatic N) is 1. The smallest absolute Gasteiger partial charge is 0.270 e. The Morgan fingerprint density at radius 2 is 2.00 bits per heavy atom. The molecule has 0 fully saturated rings. The molecule has 20 heavy (non-hydrogen) atoms. The van der Waals surface area contributed by atoms with Gasteiger partial charge in [-0.05, 0) is 29.8 Å². The molecule has 0 spiro atoms. The van der Waals surface area contributed by atoms with Crippen molar-refractivity contribution in [1.82, 2.24) is 10.3 Å². The van der Waals surface area contributed by atoms with E-state index in [9.17, 15) is 13.6 Å². The Morgan fingerprint density at radius 3 is 2.60 bits per heavy atom. The van der Waals surface area contributed by atoms with Crippen LogP contribution >= 0.6 is 0 Å². The van der Waals surface area contributed by atoms with Crippen LogP contribution in [0.25, 0.3) is 0 Å². The van der Waals surface area contributed by atoms with Crippen molar-refractivity contribution in [3.63, 3.8) is 0 Å². The number of pyridine rings is 1. The van der Waals surface area contributed by atoms with Gasteiger partial charge in [-0.25, -0.2) is 13.8 Å². The fourth-order valence-corrected chi connectivity index (χ4v) is 1.54. The van der Waals surface area contributed by atoms with Gasteiger partial charge < -0.3 is 10.7 Å². The number of hydrazine groups is 1. The molecule has 5 nitrogen and oxygen atoms in total. The van der Waals surface area contributed by atoms with Gasteiger partial charge >= 0.3 is 0 Å². The van der Waals surface area contributed by atoms with E-state index in [1.807, 2.05) is 0 Å². The fraction of sp³-hybridized carbons (Fsp3) is 0.0769. The Hall–Kier alpha value is -2.54. The average Bonchev–Trinajstić information content (AvgIpc) is 2.48. The van der Waals surface area contributed by atoms with E-state index < -0.39 is 17.5 Å². The molecule has 0 atom stereocenters. The molecule has 1 aromatic carbocycles. The lowest BCUT2D eigenvalue weighted by Gasteiger charge is -2.06. The molecule has 7 heteroatoms. The minimum absolute atomic E-state index is 0.0780. The highest BCUT2D eigenvalue weighted by atomic mass is 19.2. The van der Waals surface area contributed by atoms with Gasteiger partial charge in [-0.2, -0.15) is 0 Å². The number of nitrogens with two attached hydrogens (primary N) is 1. The van der Waals surface area contributed by atoms with Gasteiger partial charge in [-0.1, -0.05) is 6.07 Å². The molecular formula is C13H12F2N4O. The van der Waals surface area contributed by atoms with E-state index in [4.69, 9.17) is 5.84 Å². The quantitative estimate of drug-likeness (QED) is 0.586. The number of carbonyl (C=O) groups excluding carboxylic acids is 1. The van der Waals surface area contributed by atoms with Gasteiger partial charge in [-0.3, -0.25) is 10.6 Å². The van der Waals surface area contributed by atoms with Gasteiger partial charge in [0.2, 0.25) is 0 Å². The maximum Gasteiger partial charge on any atom is 0.270 e. The molecule has 1 heterocycles. The molecule has 1 amide bonds. The number of rotatable bonds is 4. The topological polar surface area (TPSA) is 80.0 Å². The number of amides is 1. The minimum atomic E-state index is -0.951. The van der Waals surface area contributed by atoms with E-state index in [-0.39, 0.29) is 12.2 Å². The van der Waals surface area contributed by atoms with Crippen LogP contribution in [0.15, 0.2) is 36.5 Å². The van der Waals surface area contributed by atoms with Crippen LogP contribution in [0.4, 0.5) is 14.5 Å². The first-order valence-electron chi connectivity index (χ1n) is 5.75. The summed E-state index contributed by atoms with van der Waals surface area (Å²) < 4.78 is 25.7. The van der Waals surface area contributed by atoms with E-state index in [0.717, 1.165) is 12.1 Å². The van der Waals surface area contributed by atoms with Crippen molar-refractivity contribution < 1.29 is 13.6 Å². The number of nitrogens with one attached hydrogen (secondary N) is 2. The van der Waals surface area contributed by atoms with Crippen LogP contribution in [0.2, 0.25) is 0 Å². The SMILES string of the molecule is NNc1ccc(C(=O)NCc2ccc(F)c(F)c2)nc1. The summed E-state index contributed by atoms with van der Waals surface area (Å²) in [4.78, 5) is 15.7. The van der Waals surface area contributed by atoms with Crippen LogP contribution in [0.5, 0.6) is 0 Å². The van der Waals surface area contributed by atoms with E-state index >= 15 is 0 Å². The molecule has 0 unspecified atom stereocenters. The molecule has 2 rings (SSSR count). The monoisotopic (exact) mass is 278 g/mol. The van der Waals surface area contributed by atoms with Crippen LogP contribution in [-0.2, 0) is 6.54 Å². The second-order valence-corrected chi connectivity index (χ2v) is 4.01. The van der Waals surface area contributed by atoms with Crippen LogP contribution < -0.4 is 16.6 Å². The van der Waals surface area contributed by atoms with Crippen molar-refractivity contribution in [2.24, 2.45) is 5.84 Å². The third-order valence-electron chi connectivity index (χ3n) is 2.60. The van der Waals surface area contributed by atoms with Crippen LogP contribution in [0, 0.1) is 11.6 Å². The van der Waals surface area contributed by atoms with Crippen LogP contribution in [0.3, 0.4) is 0 Å². The molecular weight excluding hydrogens is 266 g/mol. The molecule has 2 aromatic rings. The summed E-state index contributed by atoms with van der Waals surface area (Å²) in [5, 5.41) is 2.56. The lowest BCUT2D eigenvalue weighted by atomic mass is 10.2. The normalized spacial score (nSPS) is 10.2. The molecule has 0 saturated heterocycles. The average molecular weight is 278 g/mol. The first-order chi connectivity index (χ1) is 9.60. The molecule has 1 aromatic heterocycles. The van der Waals surface area contributed by atoms with Crippen molar-refractivity contribution in [3.8, 4) is 0 Å². The first-order valence-corrected chi connectivity index (χ1v) is 5.75. The van der Waals surface area contributed by atoms with Crippen molar-refractivity contribution in [2.45, 2.75) is 6.54 Å². The number of carbonyl (C=O) groups is 1. The summed E-state index contributed by atoms with van der Waals surface area (Å²) in [7, 11) is 0. The standard InChI is InChI=1S/C13H12F2N4O/c14-10-3-1-8(5-11(10)15)6-18-13(20)12-4-2-9(19-16)7-17-12/h1-5,7,19H,6,16H2,(H,18,20). The second-order valence-electron chi connectivity index (χ2n) is 4.01. The highest BCUT2D eigenvalue weighted by Gasteiger charge is 2.08. The molecule has 0 saturated carbocycles. The number of hydrogen-bond acceptors (Lipinski definition) is 4. The van der Waals surface area contributed by atoms with E-state index in [2.05, 4.69) is 15.7 Å². The number of nitrogen functional groups attached to an aromatic ring is 1. The van der Waals surface area contributed by atoms with Gasteiger partial charge in [0.15, 0.2) is 11.6 Å². The van der Waals surface area contributed by atoms with Gasteiger partial charge in [0.05, 0.1) is 11.9 Å². The van der Waals surface area contributed by atoms with Crippen molar-refractivity contribution in [3.05, 3.63) is 59.4 Å². The number of halogens is 2. The van der Waals surface area contributed by atoms with Crippen molar-refractivity contribution >= 4 is 11.6 Å². The predicted octanol–water partition coefficient (Wildman–Crippen LogP) is 1.58. The van der Waals surface area contributed by atoms with Crippen molar-refractivity contribution in [2.75, 3.05) is 5.43 Å². The summed E-state index contributed by atoms with van der Waals surface area (Å²) in [6.45, 7) is 0.0780. The summed E-state index contributed by atoms with van der Waals surface area (Å²) in [5.74, 6) is 2.89. The molecule has 104 valence electrons. The van der Waals surface area contributed by atoms with Gasteiger partial charge in [0.25, 0.3) is 5.91 Å². The lowest BCUT2D eigenvalue weighted by Crippen LogP contribution is -2.24. The Bertz CT molecular complexity index is 616. The van der Waals surface area contributed by atoms with E-state index in [0.29, 0.717) is 11.3 Å². The zero-order chi connectivity index (χ0) is 14.5. The summed E-state index contributed by atoms with van der Waals surface area (Å²) >= 11 is 0. The summed E-state index contributed by atoms with van der Waals surface area (Å²) in [5.41, 5.74) is 3.62. The maximum absolute atomic E-state index is 13.0. The third-order valence-corrected chi connectivity index (χ3v) is 2.60.